The van der Waals surface area contributed by atoms with Crippen LogP contribution in [0.2, 0.25) is 0 Å². The molecule has 5 N–H and O–H groups in total. The zero-order valence-corrected chi connectivity index (χ0v) is 37.8. The van der Waals surface area contributed by atoms with Crippen LogP contribution in [0, 0.1) is 12.8 Å². The summed E-state index contributed by atoms with van der Waals surface area (Å²) >= 11 is 0. The predicted octanol–water partition coefficient (Wildman–Crippen LogP) is 7.60. The largest absolute Gasteiger partial charge is 0.507 e. The number of phenolic OH excluding ortho intramolecular Hbond substituents is 1. The van der Waals surface area contributed by atoms with Crippen molar-refractivity contribution in [2.45, 2.75) is 187 Å². The van der Waals surface area contributed by atoms with Crippen LogP contribution in [0.3, 0.4) is 0 Å². The van der Waals surface area contributed by atoms with Crippen molar-refractivity contribution >= 4 is 35.5 Å². The number of amides is 4. The van der Waals surface area contributed by atoms with Gasteiger partial charge in [0.15, 0.2) is 6.04 Å². The lowest BCUT2D eigenvalue weighted by Gasteiger charge is -2.27. The molecule has 2 heterocycles. The molecule has 15 heteroatoms. The zero-order chi connectivity index (χ0) is 45.3. The van der Waals surface area contributed by atoms with Gasteiger partial charge in [0.05, 0.1) is 11.5 Å². The Morgan fingerprint density at radius 3 is 2.27 bits per heavy atom. The summed E-state index contributed by atoms with van der Waals surface area (Å²) < 4.78 is 11.5. The van der Waals surface area contributed by atoms with E-state index in [1.54, 1.807) is 39.0 Å². The molecule has 1 saturated heterocycles. The topological polar surface area (TPSA) is 207 Å². The number of rotatable bonds is 29. The highest BCUT2D eigenvalue weighted by molar-refractivity contribution is 6.01. The van der Waals surface area contributed by atoms with E-state index in [4.69, 9.17) is 9.47 Å². The molecule has 0 unspecified atom stereocenters. The van der Waals surface area contributed by atoms with Gasteiger partial charge in [0.2, 0.25) is 17.7 Å². The third-order valence-electron chi connectivity index (χ3n) is 11.7. The Labute approximate surface area is 369 Å². The van der Waals surface area contributed by atoms with Crippen molar-refractivity contribution in [3.05, 3.63) is 41.5 Å². The predicted molar refractivity (Wildman–Crippen MR) is 236 cm³/mol. The maximum Gasteiger partial charge on any atom is 0.328 e. The number of hydrogen-bond donors (Lipinski definition) is 5. The Morgan fingerprint density at radius 1 is 0.968 bits per heavy atom. The van der Waals surface area contributed by atoms with Gasteiger partial charge in [-0.25, -0.2) is 19.9 Å². The molecular formula is C47H75N5O10. The maximum absolute atomic E-state index is 13.8. The highest BCUT2D eigenvalue weighted by Gasteiger charge is 2.36. The summed E-state index contributed by atoms with van der Waals surface area (Å²) in [4.78, 5) is 70.1. The number of carbonyl (C=O) groups excluding carboxylic acids is 5. The molecule has 0 aromatic heterocycles. The molecule has 1 fully saturated rings. The Balaban J connectivity index is 1.51. The van der Waals surface area contributed by atoms with Crippen LogP contribution in [0.1, 0.15) is 167 Å². The molecule has 0 spiro atoms. The van der Waals surface area contributed by atoms with Crippen molar-refractivity contribution in [2.24, 2.45) is 10.9 Å². The SMILES string of the molecule is CCCCCCCCCCCCCCC/C=C\C(=O)N(O)CCCC[C@H](NC(=O)[C@@H]1COC(c2c(C)cccc2O)=N1)C(=O)O[C@@H](CC)[C@@H](C)C(=O)N[C@H]1CCCCN(O)C1=O. The number of phenols is 1. The molecule has 348 valence electrons. The number of nitrogens with one attached hydrogen (secondary N) is 2. The summed E-state index contributed by atoms with van der Waals surface area (Å²) in [6, 6.07) is 1.85. The van der Waals surface area contributed by atoms with Crippen molar-refractivity contribution in [1.29, 1.82) is 0 Å². The number of unbranched alkanes of at least 4 members (excludes halogenated alkanes) is 14. The first-order chi connectivity index (χ1) is 29.9. The van der Waals surface area contributed by atoms with Gasteiger partial charge in [-0.3, -0.25) is 29.6 Å². The molecule has 0 aliphatic carbocycles. The average Bonchev–Trinajstić information content (AvgIpc) is 3.69. The van der Waals surface area contributed by atoms with Crippen LogP contribution in [-0.2, 0) is 33.4 Å². The number of aromatic hydroxyl groups is 1. The molecular weight excluding hydrogens is 795 g/mol. The molecule has 3 rings (SSSR count). The van der Waals surface area contributed by atoms with Crippen molar-refractivity contribution in [3.8, 4) is 5.75 Å². The first-order valence-electron chi connectivity index (χ1n) is 23.4. The number of hydrogen-bond acceptors (Lipinski definition) is 11. The Kier molecular flexibility index (Phi) is 24.2. The lowest BCUT2D eigenvalue weighted by atomic mass is 10.00. The molecule has 0 radical (unpaired) electrons. The average molecular weight is 870 g/mol. The van der Waals surface area contributed by atoms with Gasteiger partial charge in [0.25, 0.3) is 11.8 Å². The van der Waals surface area contributed by atoms with E-state index < -0.39 is 59.7 Å². The minimum Gasteiger partial charge on any atom is -0.507 e. The zero-order valence-electron chi connectivity index (χ0n) is 37.8. The van der Waals surface area contributed by atoms with Crippen molar-refractivity contribution in [1.82, 2.24) is 20.8 Å². The van der Waals surface area contributed by atoms with Gasteiger partial charge >= 0.3 is 5.97 Å². The third-order valence-corrected chi connectivity index (χ3v) is 11.7. The molecule has 0 saturated carbocycles. The highest BCUT2D eigenvalue weighted by Crippen LogP contribution is 2.25. The summed E-state index contributed by atoms with van der Waals surface area (Å²) in [5, 5.41) is 37.5. The van der Waals surface area contributed by atoms with Gasteiger partial charge in [-0.2, -0.15) is 0 Å². The number of aryl methyl sites for hydroxylation is 1. The normalized spacial score (nSPS) is 18.1. The minimum atomic E-state index is -1.17. The van der Waals surface area contributed by atoms with Gasteiger partial charge in [0, 0.05) is 19.2 Å². The minimum absolute atomic E-state index is 0.00160. The third kappa shape index (κ3) is 18.1. The van der Waals surface area contributed by atoms with Gasteiger partial charge in [-0.1, -0.05) is 116 Å². The lowest BCUT2D eigenvalue weighted by Crippen LogP contribution is -2.50. The summed E-state index contributed by atoms with van der Waals surface area (Å²) in [6.45, 7) is 7.41. The second-order valence-corrected chi connectivity index (χ2v) is 16.9. The van der Waals surface area contributed by atoms with Crippen molar-refractivity contribution in [3.63, 3.8) is 0 Å². The van der Waals surface area contributed by atoms with E-state index in [0.29, 0.717) is 53.4 Å². The van der Waals surface area contributed by atoms with Crippen molar-refractivity contribution in [2.75, 3.05) is 19.7 Å². The van der Waals surface area contributed by atoms with Gasteiger partial charge in [-0.05, 0) is 76.3 Å². The van der Waals surface area contributed by atoms with Crippen LogP contribution < -0.4 is 10.6 Å². The van der Waals surface area contributed by atoms with Gasteiger partial charge in [0.1, 0.15) is 30.5 Å². The summed E-state index contributed by atoms with van der Waals surface area (Å²) in [5.41, 5.74) is 1.07. The fraction of sp³-hybridized carbons (Fsp3) is 0.702. The van der Waals surface area contributed by atoms with E-state index in [9.17, 15) is 39.5 Å². The summed E-state index contributed by atoms with van der Waals surface area (Å²) in [5.74, 6) is -3.86. The number of carbonyl (C=O) groups is 5. The molecule has 4 amide bonds. The number of esters is 1. The number of benzene rings is 1. The smallest absolute Gasteiger partial charge is 0.328 e. The van der Waals surface area contributed by atoms with Crippen LogP contribution in [0.15, 0.2) is 35.3 Å². The molecule has 2 aliphatic rings. The fourth-order valence-corrected chi connectivity index (χ4v) is 7.76. The number of ether oxygens (including phenoxy) is 2. The molecule has 1 aromatic rings. The molecule has 0 bridgehead atoms. The molecule has 62 heavy (non-hydrogen) atoms. The van der Waals surface area contributed by atoms with Crippen LogP contribution in [-0.4, -0.2) is 105 Å². The van der Waals surface area contributed by atoms with Crippen LogP contribution >= 0.6 is 0 Å². The van der Waals surface area contributed by atoms with Gasteiger partial charge < -0.3 is 25.2 Å². The van der Waals surface area contributed by atoms with E-state index in [2.05, 4.69) is 22.5 Å². The number of nitrogens with zero attached hydrogens (tertiary/aromatic N) is 3. The highest BCUT2D eigenvalue weighted by atomic mass is 16.5. The molecule has 2 aliphatic heterocycles. The van der Waals surface area contributed by atoms with E-state index in [0.717, 1.165) is 19.3 Å². The summed E-state index contributed by atoms with van der Waals surface area (Å²) in [6.07, 6.45) is 22.0. The Bertz CT molecular complexity index is 1600. The van der Waals surface area contributed by atoms with E-state index in [-0.39, 0.29) is 44.2 Å². The maximum atomic E-state index is 13.8. The van der Waals surface area contributed by atoms with Gasteiger partial charge in [-0.15, -0.1) is 0 Å². The molecule has 1 aromatic carbocycles. The first kappa shape index (κ1) is 51.8. The first-order valence-corrected chi connectivity index (χ1v) is 23.4. The van der Waals surface area contributed by atoms with Crippen LogP contribution in [0.25, 0.3) is 0 Å². The monoisotopic (exact) mass is 870 g/mol. The quantitative estimate of drug-likeness (QED) is 0.0175. The number of hydroxylamine groups is 4. The van der Waals surface area contributed by atoms with Crippen LogP contribution in [0.4, 0.5) is 0 Å². The number of allylic oxidation sites excluding steroid dienone is 1. The van der Waals surface area contributed by atoms with Crippen LogP contribution in [0.5, 0.6) is 5.75 Å². The molecule has 15 nitrogen and oxygen atoms in total. The van der Waals surface area contributed by atoms with E-state index in [1.165, 1.54) is 82.8 Å². The second kappa shape index (κ2) is 29.0. The summed E-state index contributed by atoms with van der Waals surface area (Å²) in [7, 11) is 0. The lowest BCUT2D eigenvalue weighted by molar-refractivity contribution is -0.167. The standard InChI is InChI=1S/C47H75N5O10/c1-5-7-8-9-10-11-12-13-14-15-16-17-18-19-20-30-41(54)51(59)31-23-22-28-37(49-44(56)38-33-61-45(50-38)42-34(3)26-25-29-39(42)53)47(58)62-40(6-2)35(4)43(55)48-36-27-21-24-32-52(60)46(36)57/h20,25-26,29-30,35-38,40,53,59-60H,5-19,21-24,27-28,31-33H2,1-4H3,(H,48,55)(H,49,56)/b30-20-/t35-,36+,37+,38+,40+/m1/s1. The second-order valence-electron chi connectivity index (χ2n) is 16.9. The van der Waals surface area contributed by atoms with E-state index >= 15 is 0 Å². The van der Waals surface area contributed by atoms with E-state index in [1.807, 2.05) is 0 Å². The molecule has 5 atom stereocenters. The fourth-order valence-electron chi connectivity index (χ4n) is 7.76. The Morgan fingerprint density at radius 2 is 1.63 bits per heavy atom. The van der Waals surface area contributed by atoms with Crippen molar-refractivity contribution < 1.29 is 49.0 Å². The Hall–Kier alpha value is -4.50. The number of aliphatic imine (C=N–C) groups is 1.